The third kappa shape index (κ3) is 2.94. The van der Waals surface area contributed by atoms with Crippen LogP contribution < -0.4 is 0 Å². The fourth-order valence-electron chi connectivity index (χ4n) is 0.785. The molecule has 0 saturated carbocycles. The molecular weight excluding hydrogens is 143 g/mol. The van der Waals surface area contributed by atoms with Gasteiger partial charge in [0.1, 0.15) is 12.6 Å². The van der Waals surface area contributed by atoms with Gasteiger partial charge in [-0.05, 0) is 18.1 Å². The highest BCUT2D eigenvalue weighted by Gasteiger charge is 1.93. The summed E-state index contributed by atoms with van der Waals surface area (Å²) in [5.41, 5.74) is 0.789. The Morgan fingerprint density at radius 3 is 2.27 bits per heavy atom. The van der Waals surface area contributed by atoms with Crippen LogP contribution >= 0.6 is 0 Å². The number of carbonyl (C=O) groups is 1. The van der Waals surface area contributed by atoms with Crippen molar-refractivity contribution in [2.45, 2.75) is 13.3 Å². The molecule has 0 aromatic heterocycles. The van der Waals surface area contributed by atoms with Crippen molar-refractivity contribution in [1.82, 2.24) is 0 Å². The predicted molar refractivity (Wildman–Crippen MR) is 42.9 cm³/mol. The van der Waals surface area contributed by atoms with Crippen LogP contribution in [0.4, 0.5) is 4.39 Å². The molecule has 0 bridgehead atoms. The smallest absolute Gasteiger partial charge is 0.126 e. The van der Waals surface area contributed by atoms with Crippen LogP contribution in [-0.2, 0) is 11.2 Å². The molecule has 1 nitrogen and oxygen atoms in total. The quantitative estimate of drug-likeness (QED) is 0.606. The number of rotatable bonds is 1. The maximum absolute atomic E-state index is 12.6. The van der Waals surface area contributed by atoms with Gasteiger partial charge in [-0.2, -0.15) is 0 Å². The second kappa shape index (κ2) is 5.59. The van der Waals surface area contributed by atoms with Gasteiger partial charge in [-0.1, -0.05) is 25.1 Å². The van der Waals surface area contributed by atoms with Gasteiger partial charge in [-0.25, -0.2) is 4.39 Å². The van der Waals surface area contributed by atoms with Crippen LogP contribution in [0.1, 0.15) is 12.5 Å². The summed E-state index contributed by atoms with van der Waals surface area (Å²) < 4.78 is 12.6. The van der Waals surface area contributed by atoms with Crippen molar-refractivity contribution in [3.63, 3.8) is 0 Å². The Kier molecular flexibility index (Phi) is 4.99. The first-order valence-corrected chi connectivity index (χ1v) is 3.37. The van der Waals surface area contributed by atoms with E-state index >= 15 is 0 Å². The van der Waals surface area contributed by atoms with E-state index in [-0.39, 0.29) is 5.82 Å². The molecule has 1 rings (SSSR count). The van der Waals surface area contributed by atoms with Crippen molar-refractivity contribution >= 4 is 6.79 Å². The van der Waals surface area contributed by atoms with Crippen LogP contribution in [0.25, 0.3) is 0 Å². The number of carbonyl (C=O) groups excluding carboxylic acids is 1. The SMILES string of the molecule is C=O.CCc1ccccc1F. The summed E-state index contributed by atoms with van der Waals surface area (Å²) in [4.78, 5) is 8.00. The van der Waals surface area contributed by atoms with Gasteiger partial charge < -0.3 is 4.79 Å². The largest absolute Gasteiger partial charge is 0.307 e. The highest BCUT2D eigenvalue weighted by atomic mass is 19.1. The van der Waals surface area contributed by atoms with Crippen LogP contribution in [0.5, 0.6) is 0 Å². The summed E-state index contributed by atoms with van der Waals surface area (Å²) in [7, 11) is 0. The molecule has 0 aliphatic carbocycles. The molecule has 0 fully saturated rings. The van der Waals surface area contributed by atoms with Crippen LogP contribution in [0.3, 0.4) is 0 Å². The van der Waals surface area contributed by atoms with Gasteiger partial charge in [-0.3, -0.25) is 0 Å². The molecular formula is C9H11FO. The van der Waals surface area contributed by atoms with Crippen molar-refractivity contribution in [2.75, 3.05) is 0 Å². The molecule has 1 aromatic rings. The van der Waals surface area contributed by atoms with Crippen molar-refractivity contribution in [3.8, 4) is 0 Å². The Bertz CT molecular complexity index is 210. The molecule has 0 amide bonds. The number of aryl methyl sites for hydroxylation is 1. The fourth-order valence-corrected chi connectivity index (χ4v) is 0.785. The van der Waals surface area contributed by atoms with E-state index < -0.39 is 0 Å². The Morgan fingerprint density at radius 2 is 1.91 bits per heavy atom. The van der Waals surface area contributed by atoms with E-state index in [0.29, 0.717) is 0 Å². The van der Waals surface area contributed by atoms with Gasteiger partial charge in [0.15, 0.2) is 0 Å². The Hall–Kier alpha value is -1.18. The molecule has 0 aliphatic heterocycles. The number of halogens is 1. The molecule has 0 unspecified atom stereocenters. The fraction of sp³-hybridized carbons (Fsp3) is 0.222. The van der Waals surface area contributed by atoms with Crippen LogP contribution in [0, 0.1) is 5.82 Å². The van der Waals surface area contributed by atoms with Gasteiger partial charge >= 0.3 is 0 Å². The number of benzene rings is 1. The predicted octanol–water partition coefficient (Wildman–Crippen LogP) is 2.20. The van der Waals surface area contributed by atoms with E-state index in [1.165, 1.54) is 6.07 Å². The first kappa shape index (κ1) is 9.82. The highest BCUT2D eigenvalue weighted by molar-refractivity contribution is 5.16. The minimum absolute atomic E-state index is 0.0972. The summed E-state index contributed by atoms with van der Waals surface area (Å²) in [6, 6.07) is 6.84. The second-order valence-corrected chi connectivity index (χ2v) is 1.94. The zero-order chi connectivity index (χ0) is 8.69. The molecule has 60 valence electrons. The van der Waals surface area contributed by atoms with E-state index in [2.05, 4.69) is 0 Å². The lowest BCUT2D eigenvalue weighted by atomic mass is 10.2. The summed E-state index contributed by atoms with van der Waals surface area (Å²) in [6.45, 7) is 3.94. The Morgan fingerprint density at radius 1 is 1.36 bits per heavy atom. The summed E-state index contributed by atoms with van der Waals surface area (Å²) in [6.07, 6.45) is 0.771. The zero-order valence-corrected chi connectivity index (χ0v) is 6.51. The van der Waals surface area contributed by atoms with E-state index in [4.69, 9.17) is 4.79 Å². The molecule has 0 radical (unpaired) electrons. The molecule has 0 aliphatic rings. The zero-order valence-electron chi connectivity index (χ0n) is 6.51. The number of hydrogen-bond acceptors (Lipinski definition) is 1. The standard InChI is InChI=1S/C8H9F.CH2O/c1-2-7-5-3-4-6-8(7)9;1-2/h3-6H,2H2,1H3;1H2. The minimum atomic E-state index is -0.0972. The monoisotopic (exact) mass is 154 g/mol. The number of hydrogen-bond donors (Lipinski definition) is 0. The minimum Gasteiger partial charge on any atom is -0.307 e. The maximum Gasteiger partial charge on any atom is 0.126 e. The highest BCUT2D eigenvalue weighted by Crippen LogP contribution is 2.05. The Labute approximate surface area is 65.9 Å². The lowest BCUT2D eigenvalue weighted by Gasteiger charge is -1.94. The molecule has 0 atom stereocenters. The van der Waals surface area contributed by atoms with Crippen LogP contribution in [0.15, 0.2) is 24.3 Å². The van der Waals surface area contributed by atoms with E-state index in [0.717, 1.165) is 12.0 Å². The molecule has 11 heavy (non-hydrogen) atoms. The normalized spacial score (nSPS) is 8.18. The van der Waals surface area contributed by atoms with Gasteiger partial charge in [0.25, 0.3) is 0 Å². The van der Waals surface area contributed by atoms with Gasteiger partial charge in [-0.15, -0.1) is 0 Å². The summed E-state index contributed by atoms with van der Waals surface area (Å²) >= 11 is 0. The lowest BCUT2D eigenvalue weighted by molar-refractivity contribution is -0.0979. The molecule has 2 heteroatoms. The van der Waals surface area contributed by atoms with Crippen molar-refractivity contribution < 1.29 is 9.18 Å². The van der Waals surface area contributed by atoms with Gasteiger partial charge in [0.2, 0.25) is 0 Å². The van der Waals surface area contributed by atoms with Crippen LogP contribution in [0.2, 0.25) is 0 Å². The Balaban J connectivity index is 0.000000461. The van der Waals surface area contributed by atoms with Crippen LogP contribution in [-0.4, -0.2) is 6.79 Å². The first-order valence-electron chi connectivity index (χ1n) is 3.37. The summed E-state index contributed by atoms with van der Waals surface area (Å²) in [5, 5.41) is 0. The first-order chi connectivity index (χ1) is 5.34. The van der Waals surface area contributed by atoms with E-state index in [9.17, 15) is 4.39 Å². The molecule has 0 heterocycles. The van der Waals surface area contributed by atoms with Gasteiger partial charge in [0.05, 0.1) is 0 Å². The van der Waals surface area contributed by atoms with E-state index in [1.54, 1.807) is 12.1 Å². The molecule has 0 N–H and O–H groups in total. The van der Waals surface area contributed by atoms with Crippen molar-refractivity contribution in [3.05, 3.63) is 35.6 Å². The van der Waals surface area contributed by atoms with Crippen molar-refractivity contribution in [1.29, 1.82) is 0 Å². The molecule has 1 aromatic carbocycles. The average molecular weight is 154 g/mol. The average Bonchev–Trinajstić information content (AvgIpc) is 2.09. The van der Waals surface area contributed by atoms with E-state index in [1.807, 2.05) is 19.8 Å². The summed E-state index contributed by atoms with van der Waals surface area (Å²) in [5.74, 6) is -0.0972. The van der Waals surface area contributed by atoms with Crippen molar-refractivity contribution in [2.24, 2.45) is 0 Å². The van der Waals surface area contributed by atoms with Gasteiger partial charge in [0, 0.05) is 0 Å². The molecule has 0 spiro atoms. The lowest BCUT2D eigenvalue weighted by Crippen LogP contribution is -1.83. The molecule has 0 saturated heterocycles. The second-order valence-electron chi connectivity index (χ2n) is 1.94. The topological polar surface area (TPSA) is 17.1 Å². The third-order valence-electron chi connectivity index (χ3n) is 1.34. The maximum atomic E-state index is 12.6. The third-order valence-corrected chi connectivity index (χ3v) is 1.34.